The van der Waals surface area contributed by atoms with Crippen LogP contribution in [0.4, 0.5) is 5.69 Å². The van der Waals surface area contributed by atoms with Crippen LogP contribution in [0.3, 0.4) is 0 Å². The predicted molar refractivity (Wildman–Crippen MR) is 75.3 cm³/mol. The number of nitrogens with one attached hydrogen (secondary N) is 1. The molecule has 1 heterocycles. The number of hydrogen-bond acceptors (Lipinski definition) is 3. The molecule has 5 heteroatoms. The molecule has 0 aliphatic rings. The molecule has 0 spiro atoms. The zero-order chi connectivity index (χ0) is 14.0. The average Bonchev–Trinajstić information content (AvgIpc) is 2.71. The minimum Gasteiger partial charge on any atom is -0.325 e. The maximum Gasteiger partial charge on any atom is 0.240 e. The van der Waals surface area contributed by atoms with Gasteiger partial charge in [-0.3, -0.25) is 4.79 Å². The first-order valence-corrected chi connectivity index (χ1v) is 6.16. The van der Waals surface area contributed by atoms with Crippen molar-refractivity contribution in [3.05, 3.63) is 42.0 Å². The van der Waals surface area contributed by atoms with Crippen molar-refractivity contribution < 1.29 is 4.79 Å². The van der Waals surface area contributed by atoms with Crippen molar-refractivity contribution in [2.75, 3.05) is 5.32 Å². The summed E-state index contributed by atoms with van der Waals surface area (Å²) >= 11 is 0. The number of carbonyl (C=O) groups excluding carboxylic acids is 1. The van der Waals surface area contributed by atoms with Gasteiger partial charge in [-0.05, 0) is 45.0 Å². The molecule has 19 heavy (non-hydrogen) atoms. The highest BCUT2D eigenvalue weighted by molar-refractivity contribution is 5.94. The van der Waals surface area contributed by atoms with Gasteiger partial charge in [-0.1, -0.05) is 0 Å². The van der Waals surface area contributed by atoms with Crippen molar-refractivity contribution >= 4 is 11.6 Å². The molecule has 0 saturated carbocycles. The molecule has 100 valence electrons. The van der Waals surface area contributed by atoms with Gasteiger partial charge in [0.25, 0.3) is 0 Å². The van der Waals surface area contributed by atoms with Crippen LogP contribution in [0.1, 0.15) is 18.3 Å². The molecule has 1 unspecified atom stereocenters. The second kappa shape index (κ2) is 5.24. The molecule has 1 aromatic heterocycles. The van der Waals surface area contributed by atoms with Crippen LogP contribution in [0.15, 0.2) is 30.6 Å². The number of anilines is 1. The van der Waals surface area contributed by atoms with Gasteiger partial charge in [-0.25, -0.2) is 4.98 Å². The van der Waals surface area contributed by atoms with E-state index in [1.54, 1.807) is 13.3 Å². The van der Waals surface area contributed by atoms with E-state index in [-0.39, 0.29) is 5.91 Å². The summed E-state index contributed by atoms with van der Waals surface area (Å²) in [5, 5.41) is 2.75. The molecular formula is C14H18N4O. The van der Waals surface area contributed by atoms with Gasteiger partial charge in [0.05, 0.1) is 18.1 Å². The maximum atomic E-state index is 11.5. The van der Waals surface area contributed by atoms with Crippen LogP contribution in [-0.2, 0) is 4.79 Å². The van der Waals surface area contributed by atoms with Gasteiger partial charge in [-0.15, -0.1) is 0 Å². The number of aryl methyl sites for hydroxylation is 1. The number of carbonyl (C=O) groups is 1. The minimum absolute atomic E-state index is 0.192. The van der Waals surface area contributed by atoms with Crippen molar-refractivity contribution in [3.63, 3.8) is 0 Å². The summed E-state index contributed by atoms with van der Waals surface area (Å²) in [6.45, 7) is 5.65. The first-order chi connectivity index (χ1) is 8.99. The average molecular weight is 258 g/mol. The summed E-state index contributed by atoms with van der Waals surface area (Å²) in [5.41, 5.74) is 9.36. The van der Waals surface area contributed by atoms with E-state index in [1.807, 2.05) is 42.7 Å². The highest BCUT2D eigenvalue weighted by atomic mass is 16.2. The molecule has 3 N–H and O–H groups in total. The molecule has 5 nitrogen and oxygen atoms in total. The summed E-state index contributed by atoms with van der Waals surface area (Å²) in [5.74, 6) is -0.192. The van der Waals surface area contributed by atoms with Gasteiger partial charge >= 0.3 is 0 Å². The molecule has 2 rings (SSSR count). The van der Waals surface area contributed by atoms with Crippen LogP contribution in [0.2, 0.25) is 0 Å². The number of imidazole rings is 1. The fourth-order valence-corrected chi connectivity index (χ4v) is 1.72. The fourth-order valence-electron chi connectivity index (χ4n) is 1.72. The van der Waals surface area contributed by atoms with E-state index in [4.69, 9.17) is 5.73 Å². The topological polar surface area (TPSA) is 72.9 Å². The van der Waals surface area contributed by atoms with Gasteiger partial charge in [0, 0.05) is 17.1 Å². The number of amides is 1. The smallest absolute Gasteiger partial charge is 0.240 e. The Morgan fingerprint density at radius 2 is 1.95 bits per heavy atom. The summed E-state index contributed by atoms with van der Waals surface area (Å²) < 4.78 is 2.01. The Labute approximate surface area is 112 Å². The standard InChI is InChI=1S/C14H18N4O/c1-9(15)14(19)17-12-4-6-13(7-5-12)18-8-16-10(2)11(18)3/h4-9H,15H2,1-3H3,(H,17,19). The maximum absolute atomic E-state index is 11.5. The number of hydrogen-bond donors (Lipinski definition) is 2. The van der Waals surface area contributed by atoms with Crippen LogP contribution in [0.25, 0.3) is 5.69 Å². The van der Waals surface area contributed by atoms with Gasteiger partial charge < -0.3 is 15.6 Å². The lowest BCUT2D eigenvalue weighted by molar-refractivity contribution is -0.117. The Balaban J connectivity index is 2.19. The Bertz CT molecular complexity index is 584. The zero-order valence-corrected chi connectivity index (χ0v) is 11.3. The third kappa shape index (κ3) is 2.82. The van der Waals surface area contributed by atoms with Crippen molar-refractivity contribution in [2.24, 2.45) is 5.73 Å². The second-order valence-corrected chi connectivity index (χ2v) is 4.61. The summed E-state index contributed by atoms with van der Waals surface area (Å²) in [4.78, 5) is 15.7. The Morgan fingerprint density at radius 1 is 1.32 bits per heavy atom. The molecular weight excluding hydrogens is 240 g/mol. The zero-order valence-electron chi connectivity index (χ0n) is 11.3. The molecule has 1 aromatic carbocycles. The SMILES string of the molecule is Cc1ncn(-c2ccc(NC(=O)C(C)N)cc2)c1C. The van der Waals surface area contributed by atoms with E-state index in [2.05, 4.69) is 10.3 Å². The molecule has 0 bridgehead atoms. The molecule has 1 atom stereocenters. The van der Waals surface area contributed by atoms with Crippen LogP contribution >= 0.6 is 0 Å². The molecule has 2 aromatic rings. The van der Waals surface area contributed by atoms with Gasteiger partial charge in [-0.2, -0.15) is 0 Å². The van der Waals surface area contributed by atoms with E-state index in [1.165, 1.54) is 0 Å². The van der Waals surface area contributed by atoms with Crippen molar-refractivity contribution in [1.29, 1.82) is 0 Å². The highest BCUT2D eigenvalue weighted by Gasteiger charge is 2.08. The molecule has 0 aliphatic heterocycles. The molecule has 0 aliphatic carbocycles. The van der Waals surface area contributed by atoms with Crippen molar-refractivity contribution in [2.45, 2.75) is 26.8 Å². The van der Waals surface area contributed by atoms with Crippen molar-refractivity contribution in [3.8, 4) is 5.69 Å². The van der Waals surface area contributed by atoms with E-state index in [0.717, 1.165) is 22.8 Å². The molecule has 0 fully saturated rings. The Morgan fingerprint density at radius 3 is 2.42 bits per heavy atom. The molecule has 1 amide bonds. The fraction of sp³-hybridized carbons (Fsp3) is 0.286. The number of nitrogens with zero attached hydrogens (tertiary/aromatic N) is 2. The second-order valence-electron chi connectivity index (χ2n) is 4.61. The lowest BCUT2D eigenvalue weighted by atomic mass is 10.2. The van der Waals surface area contributed by atoms with Gasteiger partial charge in [0.15, 0.2) is 0 Å². The van der Waals surface area contributed by atoms with E-state index >= 15 is 0 Å². The predicted octanol–water partition coefficient (Wildman–Crippen LogP) is 1.77. The Hall–Kier alpha value is -2.14. The Kier molecular flexibility index (Phi) is 3.66. The van der Waals surface area contributed by atoms with Crippen LogP contribution in [-0.4, -0.2) is 21.5 Å². The van der Waals surface area contributed by atoms with Crippen LogP contribution < -0.4 is 11.1 Å². The highest BCUT2D eigenvalue weighted by Crippen LogP contribution is 2.16. The first kappa shape index (κ1) is 13.3. The largest absolute Gasteiger partial charge is 0.325 e. The third-order valence-corrected chi connectivity index (χ3v) is 3.08. The van der Waals surface area contributed by atoms with Crippen molar-refractivity contribution in [1.82, 2.24) is 9.55 Å². The van der Waals surface area contributed by atoms with Gasteiger partial charge in [0.2, 0.25) is 5.91 Å². The molecule has 0 radical (unpaired) electrons. The minimum atomic E-state index is -0.516. The normalized spacial score (nSPS) is 12.2. The number of benzene rings is 1. The first-order valence-electron chi connectivity index (χ1n) is 6.16. The van der Waals surface area contributed by atoms with Crippen LogP contribution in [0, 0.1) is 13.8 Å². The number of aromatic nitrogens is 2. The monoisotopic (exact) mass is 258 g/mol. The van der Waals surface area contributed by atoms with Gasteiger partial charge in [0.1, 0.15) is 0 Å². The summed E-state index contributed by atoms with van der Waals surface area (Å²) in [7, 11) is 0. The number of nitrogens with two attached hydrogens (primary N) is 1. The molecule has 0 saturated heterocycles. The van der Waals surface area contributed by atoms with Crippen LogP contribution in [0.5, 0.6) is 0 Å². The lowest BCUT2D eigenvalue weighted by Crippen LogP contribution is -2.32. The van der Waals surface area contributed by atoms with E-state index < -0.39 is 6.04 Å². The number of rotatable bonds is 3. The summed E-state index contributed by atoms with van der Waals surface area (Å²) in [6.07, 6.45) is 1.79. The quantitative estimate of drug-likeness (QED) is 0.881. The van der Waals surface area contributed by atoms with E-state index in [9.17, 15) is 4.79 Å². The van der Waals surface area contributed by atoms with E-state index in [0.29, 0.717) is 0 Å². The third-order valence-electron chi connectivity index (χ3n) is 3.08. The lowest BCUT2D eigenvalue weighted by Gasteiger charge is -2.09. The summed E-state index contributed by atoms with van der Waals surface area (Å²) in [6, 6.07) is 7.06.